The zero-order valence-electron chi connectivity index (χ0n) is 11.4. The van der Waals surface area contributed by atoms with Gasteiger partial charge in [-0.2, -0.15) is 0 Å². The van der Waals surface area contributed by atoms with Gasteiger partial charge in [-0.25, -0.2) is 0 Å². The van der Waals surface area contributed by atoms with Gasteiger partial charge in [0.1, 0.15) is 0 Å². The predicted octanol–water partition coefficient (Wildman–Crippen LogP) is -0.249. The van der Waals surface area contributed by atoms with Crippen molar-refractivity contribution in [1.82, 2.24) is 0 Å². The van der Waals surface area contributed by atoms with Crippen LogP contribution in [0.1, 0.15) is 23.7 Å². The highest BCUT2D eigenvalue weighted by Gasteiger charge is 2.41. The van der Waals surface area contributed by atoms with Crippen LogP contribution in [-0.4, -0.2) is 23.3 Å². The van der Waals surface area contributed by atoms with Gasteiger partial charge in [0.05, 0.1) is 18.6 Å². The Bertz CT molecular complexity index is 256. The SMILES string of the molecule is [2H]C([2H])(O)C1(C([2H])([2H])O)C([2H])([2H])C1([2H])[2H]. The Labute approximate surface area is 54.0 Å². The Hall–Kier alpha value is -0.0800. The predicted molar refractivity (Wildman–Crippen MR) is 25.8 cm³/mol. The number of hydrogen-bond donors (Lipinski definition) is 2. The van der Waals surface area contributed by atoms with E-state index >= 15 is 0 Å². The fourth-order valence-electron chi connectivity index (χ4n) is 0.199. The summed E-state index contributed by atoms with van der Waals surface area (Å²) in [6.45, 7) is -7.03. The fraction of sp³-hybridized carbons (Fsp3) is 1.00. The van der Waals surface area contributed by atoms with Crippen molar-refractivity contribution >= 4 is 0 Å². The fourth-order valence-corrected chi connectivity index (χ4v) is 0.199. The second-order valence-corrected chi connectivity index (χ2v) is 1.22. The van der Waals surface area contributed by atoms with E-state index in [4.69, 9.17) is 21.2 Å². The summed E-state index contributed by atoms with van der Waals surface area (Å²) in [6.07, 6.45) is -5.98. The van der Waals surface area contributed by atoms with Crippen LogP contribution in [0.15, 0.2) is 0 Å². The van der Waals surface area contributed by atoms with Gasteiger partial charge in [0, 0.05) is 10.9 Å². The summed E-state index contributed by atoms with van der Waals surface area (Å²) in [5, 5.41) is 18.1. The first kappa shape index (κ1) is 1.09. The van der Waals surface area contributed by atoms with Gasteiger partial charge < -0.3 is 10.2 Å². The first-order valence-electron chi connectivity index (χ1n) is 5.70. The third-order valence-electron chi connectivity index (χ3n) is 0.710. The minimum atomic E-state index is -3.52. The minimum absolute atomic E-state index is 2.99. The lowest BCUT2D eigenvalue weighted by atomic mass is 10.1. The Morgan fingerprint density at radius 1 is 1.57 bits per heavy atom. The molecule has 2 nitrogen and oxygen atoms in total. The van der Waals surface area contributed by atoms with Crippen molar-refractivity contribution in [3.05, 3.63) is 0 Å². The second-order valence-electron chi connectivity index (χ2n) is 1.22. The molecule has 0 heterocycles. The van der Waals surface area contributed by atoms with Gasteiger partial charge >= 0.3 is 0 Å². The average Bonchev–Trinajstić information content (AvgIpc) is 2.13. The summed E-state index contributed by atoms with van der Waals surface area (Å²) in [4.78, 5) is 0. The van der Waals surface area contributed by atoms with Crippen molar-refractivity contribution in [3.8, 4) is 0 Å². The molecular weight excluding hydrogens is 92.1 g/mol. The highest BCUT2D eigenvalue weighted by molar-refractivity contribution is 4.91. The smallest absolute Gasteiger partial charge is 0.0570 e. The van der Waals surface area contributed by atoms with Gasteiger partial charge in [-0.05, 0) is 12.7 Å². The minimum Gasteiger partial charge on any atom is -0.396 e. The molecule has 1 aliphatic carbocycles. The van der Waals surface area contributed by atoms with Gasteiger partial charge in [0.25, 0.3) is 0 Å². The summed E-state index contributed by atoms with van der Waals surface area (Å²) in [5.41, 5.74) is -3.14. The molecule has 0 unspecified atom stereocenters. The first-order chi connectivity index (χ1) is 6.25. The van der Waals surface area contributed by atoms with E-state index in [1.165, 1.54) is 0 Å². The van der Waals surface area contributed by atoms with E-state index in [0.717, 1.165) is 0 Å². The van der Waals surface area contributed by atoms with Gasteiger partial charge in [-0.15, -0.1) is 0 Å². The molecule has 2 heteroatoms. The Kier molecular flexibility index (Phi) is 0.227. The molecule has 0 aromatic heterocycles. The number of aliphatic hydroxyl groups is 2. The molecule has 0 aromatic carbocycles. The van der Waals surface area contributed by atoms with Crippen LogP contribution in [0.5, 0.6) is 0 Å². The highest BCUT2D eigenvalue weighted by atomic mass is 16.3. The summed E-state index contributed by atoms with van der Waals surface area (Å²) in [6, 6.07) is 0. The molecule has 0 aromatic rings. The van der Waals surface area contributed by atoms with Crippen molar-refractivity contribution in [2.45, 2.75) is 12.7 Å². The van der Waals surface area contributed by atoms with E-state index in [2.05, 4.69) is 0 Å². The normalized spacial score (nSPS) is 60.3. The summed E-state index contributed by atoms with van der Waals surface area (Å²) in [7, 11) is 0. The average molecular weight is 110 g/mol. The topological polar surface area (TPSA) is 40.5 Å². The third kappa shape index (κ3) is 0.763. The van der Waals surface area contributed by atoms with Crippen molar-refractivity contribution in [3.63, 3.8) is 0 Å². The zero-order valence-corrected chi connectivity index (χ0v) is 3.39. The van der Waals surface area contributed by atoms with E-state index in [0.29, 0.717) is 0 Å². The molecule has 0 spiro atoms. The molecule has 1 rings (SSSR count). The van der Waals surface area contributed by atoms with E-state index in [9.17, 15) is 0 Å². The molecule has 0 radical (unpaired) electrons. The Morgan fingerprint density at radius 2 is 2.00 bits per heavy atom. The monoisotopic (exact) mass is 110 g/mol. The second kappa shape index (κ2) is 1.46. The van der Waals surface area contributed by atoms with Crippen molar-refractivity contribution in [1.29, 1.82) is 0 Å². The lowest BCUT2D eigenvalue weighted by molar-refractivity contribution is 0.134. The molecule has 0 atom stereocenters. The summed E-state index contributed by atoms with van der Waals surface area (Å²) < 4.78 is 56.3. The molecule has 2 N–H and O–H groups in total. The van der Waals surface area contributed by atoms with Gasteiger partial charge in [-0.1, -0.05) is 0 Å². The van der Waals surface area contributed by atoms with Gasteiger partial charge in [-0.3, -0.25) is 0 Å². The van der Waals surface area contributed by atoms with Crippen LogP contribution >= 0.6 is 0 Å². The molecule has 1 aliphatic rings. The van der Waals surface area contributed by atoms with E-state index < -0.39 is 31.3 Å². The standard InChI is InChI=1S/C5H10O2/c6-3-5(4-7)1-2-5/h6-7H,1-4H2/i1D2,2D2,3D2,4D2. The van der Waals surface area contributed by atoms with Crippen molar-refractivity contribution in [2.75, 3.05) is 13.1 Å². The summed E-state index contributed by atoms with van der Waals surface area (Å²) in [5.74, 6) is 0. The lowest BCUT2D eigenvalue weighted by Gasteiger charge is -2.02. The molecule has 7 heavy (non-hydrogen) atoms. The molecule has 42 valence electrons. The summed E-state index contributed by atoms with van der Waals surface area (Å²) >= 11 is 0. The van der Waals surface area contributed by atoms with Crippen LogP contribution in [0.2, 0.25) is 0 Å². The van der Waals surface area contributed by atoms with E-state index in [-0.39, 0.29) is 0 Å². The molecule has 0 amide bonds. The molecule has 0 saturated heterocycles. The van der Waals surface area contributed by atoms with Crippen LogP contribution in [0, 0.1) is 5.41 Å². The zero-order chi connectivity index (χ0) is 12.5. The lowest BCUT2D eigenvalue weighted by Crippen LogP contribution is -2.10. The largest absolute Gasteiger partial charge is 0.396 e. The maximum atomic E-state index is 9.07. The van der Waals surface area contributed by atoms with Crippen LogP contribution in [-0.2, 0) is 0 Å². The van der Waals surface area contributed by atoms with E-state index in [1.807, 2.05) is 0 Å². The highest BCUT2D eigenvalue weighted by Crippen LogP contribution is 2.43. The van der Waals surface area contributed by atoms with Crippen LogP contribution in [0.4, 0.5) is 0 Å². The molecule has 0 bridgehead atoms. The first-order valence-corrected chi connectivity index (χ1v) is 1.70. The molecule has 1 saturated carbocycles. The van der Waals surface area contributed by atoms with Gasteiger partial charge in [0.2, 0.25) is 0 Å². The Balaban J connectivity index is 3.41. The quantitative estimate of drug-likeness (QED) is 0.514. The van der Waals surface area contributed by atoms with Gasteiger partial charge in [0.15, 0.2) is 0 Å². The number of rotatable bonds is 2. The van der Waals surface area contributed by atoms with Crippen LogP contribution < -0.4 is 0 Å². The van der Waals surface area contributed by atoms with Crippen LogP contribution in [0.25, 0.3) is 0 Å². The Morgan fingerprint density at radius 3 is 2.00 bits per heavy atom. The molecule has 1 fully saturated rings. The molecule has 0 aliphatic heterocycles. The maximum absolute atomic E-state index is 9.07. The molecular formula is C5H10O2. The van der Waals surface area contributed by atoms with E-state index in [1.54, 1.807) is 0 Å². The number of hydrogen-bond acceptors (Lipinski definition) is 2. The third-order valence-corrected chi connectivity index (χ3v) is 0.710. The van der Waals surface area contributed by atoms with Crippen LogP contribution in [0.3, 0.4) is 0 Å². The maximum Gasteiger partial charge on any atom is 0.0570 e. The van der Waals surface area contributed by atoms with Crippen molar-refractivity contribution in [2.24, 2.45) is 5.41 Å². The van der Waals surface area contributed by atoms with Crippen molar-refractivity contribution < 1.29 is 21.2 Å².